The smallest absolute Gasteiger partial charge is 0.423 e. The van der Waals surface area contributed by atoms with E-state index in [0.717, 1.165) is 85.6 Å². The number of halogens is 3. The fraction of sp³-hybridized carbons (Fsp3) is 0. The summed E-state index contributed by atoms with van der Waals surface area (Å²) in [5, 5.41) is 21.6. The first-order valence-corrected chi connectivity index (χ1v) is 24.3. The Bertz CT molecular complexity index is 3680. The number of hydrogen-bond donors (Lipinski definition) is 2. The first-order chi connectivity index (χ1) is 33.3. The summed E-state index contributed by atoms with van der Waals surface area (Å²) in [5.41, 5.74) is 11.8. The van der Waals surface area contributed by atoms with Gasteiger partial charge in [0.05, 0.1) is 31.8 Å². The van der Waals surface area contributed by atoms with E-state index in [1.54, 1.807) is 34.8 Å². The number of rotatable bonds is 6. The lowest BCUT2D eigenvalue weighted by Gasteiger charge is -2.08. The highest BCUT2D eigenvalue weighted by atomic mass is 35.5. The molecule has 0 fully saturated rings. The third kappa shape index (κ3) is 9.78. The van der Waals surface area contributed by atoms with E-state index in [9.17, 15) is 0 Å². The van der Waals surface area contributed by atoms with Crippen molar-refractivity contribution in [2.24, 2.45) is 0 Å². The zero-order valence-corrected chi connectivity index (χ0v) is 39.7. The van der Waals surface area contributed by atoms with Gasteiger partial charge >= 0.3 is 7.12 Å². The van der Waals surface area contributed by atoms with Crippen LogP contribution in [0.25, 0.3) is 96.8 Å². The molecule has 0 unspecified atom stereocenters. The molecule has 0 saturated heterocycles. The molecule has 0 aliphatic carbocycles. The van der Waals surface area contributed by atoms with Crippen LogP contribution in [0.4, 0.5) is 0 Å². The maximum absolute atomic E-state index is 8.94. The second kappa shape index (κ2) is 20.2. The van der Waals surface area contributed by atoms with Gasteiger partial charge in [-0.15, -0.1) is 22.7 Å². The molecule has 0 spiro atoms. The van der Waals surface area contributed by atoms with Crippen molar-refractivity contribution < 1.29 is 10.0 Å². The molecule has 4 aromatic heterocycles. The molecule has 6 nitrogen and oxygen atoms in total. The van der Waals surface area contributed by atoms with Gasteiger partial charge in [0, 0.05) is 46.9 Å². The zero-order chi connectivity index (χ0) is 46.6. The summed E-state index contributed by atoms with van der Waals surface area (Å²) in [7, 11) is -1.39. The number of hydrogen-bond acceptors (Lipinski definition) is 8. The van der Waals surface area contributed by atoms with Gasteiger partial charge in [0.2, 0.25) is 5.28 Å². The van der Waals surface area contributed by atoms with Crippen LogP contribution in [0.5, 0.6) is 0 Å². The Morgan fingerprint density at radius 1 is 0.368 bits per heavy atom. The molecule has 2 N–H and O–H groups in total. The fourth-order valence-electron chi connectivity index (χ4n) is 7.84. The highest BCUT2D eigenvalue weighted by Crippen LogP contribution is 2.41. The summed E-state index contributed by atoms with van der Waals surface area (Å²) in [5.74, 6) is 0.718. The Hall–Kier alpha value is -6.79. The minimum Gasteiger partial charge on any atom is -0.423 e. The Kier molecular flexibility index (Phi) is 13.4. The van der Waals surface area contributed by atoms with Crippen molar-refractivity contribution in [3.8, 4) is 56.2 Å². The third-order valence-corrected chi connectivity index (χ3v) is 14.2. The third-order valence-electron chi connectivity index (χ3n) is 11.2. The second-order valence-corrected chi connectivity index (χ2v) is 18.9. The van der Waals surface area contributed by atoms with E-state index in [0.29, 0.717) is 15.5 Å². The summed E-state index contributed by atoms with van der Waals surface area (Å²) in [4.78, 5) is 18.8. The van der Waals surface area contributed by atoms with Crippen molar-refractivity contribution in [3.05, 3.63) is 222 Å². The molecule has 0 amide bonds. The SMILES string of the molecule is Clc1ccc2sc3c(-c4ccccc4)nc(-c4ccc(-c5ccccc5)cc4)nc3c2c1.Clc1ccc2sc3c(-c4ccccc4)nc(Cl)nc3c2c1.OB(O)c1ccc(-c2ccccc2)cc1. The van der Waals surface area contributed by atoms with Crippen LogP contribution in [0.3, 0.4) is 0 Å². The predicted octanol–water partition coefficient (Wildman–Crippen LogP) is 15.4. The molecular weight excluding hydrogens is 942 g/mol. The minimum atomic E-state index is -1.39. The van der Waals surface area contributed by atoms with Gasteiger partial charge in [0.25, 0.3) is 0 Å². The van der Waals surface area contributed by atoms with E-state index in [-0.39, 0.29) is 5.28 Å². The minimum absolute atomic E-state index is 0.251. The largest absolute Gasteiger partial charge is 0.488 e. The molecule has 0 saturated carbocycles. The first-order valence-electron chi connectivity index (χ1n) is 21.5. The van der Waals surface area contributed by atoms with Crippen molar-refractivity contribution >= 4 is 111 Å². The molecule has 0 radical (unpaired) electrons. The molecular formula is C56H36BCl3N4O2S2. The van der Waals surface area contributed by atoms with Crippen LogP contribution in [0.2, 0.25) is 15.3 Å². The summed E-state index contributed by atoms with van der Waals surface area (Å²) in [6.07, 6.45) is 0. The first kappa shape index (κ1) is 45.0. The van der Waals surface area contributed by atoms with Crippen LogP contribution in [-0.2, 0) is 0 Å². The van der Waals surface area contributed by atoms with Crippen molar-refractivity contribution in [2.75, 3.05) is 0 Å². The fourth-order valence-corrected chi connectivity index (χ4v) is 10.6. The Morgan fingerprint density at radius 2 is 0.750 bits per heavy atom. The maximum Gasteiger partial charge on any atom is 0.488 e. The highest BCUT2D eigenvalue weighted by molar-refractivity contribution is 7.26. The molecule has 0 aliphatic heterocycles. The van der Waals surface area contributed by atoms with E-state index in [4.69, 9.17) is 54.8 Å². The molecule has 0 bridgehead atoms. The van der Waals surface area contributed by atoms with Crippen molar-refractivity contribution in [3.63, 3.8) is 0 Å². The van der Waals surface area contributed by atoms with Crippen LogP contribution < -0.4 is 5.46 Å². The van der Waals surface area contributed by atoms with Gasteiger partial charge in [-0.3, -0.25) is 0 Å². The van der Waals surface area contributed by atoms with Gasteiger partial charge in [0.15, 0.2) is 5.82 Å². The van der Waals surface area contributed by atoms with Crippen molar-refractivity contribution in [1.82, 2.24) is 19.9 Å². The van der Waals surface area contributed by atoms with Gasteiger partial charge in [0.1, 0.15) is 0 Å². The standard InChI is InChI=1S/C28H17ClN2S.C16H8Cl2N2S.C12H11BO2/c29-22-15-16-24-23(17-22)26-27(32-24)25(20-9-5-2-6-10-20)30-28(31-26)21-13-11-19(12-14-21)18-7-3-1-4-8-18;17-10-6-7-12-11(8-10)14-15(21-12)13(19-16(18)20-14)9-4-2-1-3-5-9;14-13(15)12-8-6-11(7-9-12)10-4-2-1-3-5-10/h1-17H;1-8H;1-9,14-15H. The number of fused-ring (bicyclic) bond motifs is 6. The van der Waals surface area contributed by atoms with Gasteiger partial charge in [-0.2, -0.15) is 0 Å². The summed E-state index contributed by atoms with van der Waals surface area (Å²) in [6.45, 7) is 0. The molecule has 0 atom stereocenters. The summed E-state index contributed by atoms with van der Waals surface area (Å²) >= 11 is 21.9. The Balaban J connectivity index is 0.000000129. The number of nitrogens with zero attached hydrogens (tertiary/aromatic N) is 4. The predicted molar refractivity (Wildman–Crippen MR) is 288 cm³/mol. The highest BCUT2D eigenvalue weighted by Gasteiger charge is 2.18. The Morgan fingerprint density at radius 3 is 1.21 bits per heavy atom. The van der Waals surface area contributed by atoms with E-state index in [1.807, 2.05) is 127 Å². The molecule has 68 heavy (non-hydrogen) atoms. The van der Waals surface area contributed by atoms with Crippen LogP contribution in [-0.4, -0.2) is 37.1 Å². The van der Waals surface area contributed by atoms with Crippen LogP contribution in [0, 0.1) is 0 Å². The average molecular weight is 978 g/mol. The van der Waals surface area contributed by atoms with Crippen LogP contribution in [0.15, 0.2) is 206 Å². The number of benzene rings is 8. The molecule has 328 valence electrons. The maximum atomic E-state index is 8.94. The molecule has 12 aromatic rings. The normalized spacial score (nSPS) is 11.0. The quantitative estimate of drug-likeness (QED) is 0.127. The van der Waals surface area contributed by atoms with E-state index >= 15 is 0 Å². The lowest BCUT2D eigenvalue weighted by molar-refractivity contribution is 0.426. The lowest BCUT2D eigenvalue weighted by Crippen LogP contribution is -2.29. The van der Waals surface area contributed by atoms with Gasteiger partial charge in [-0.05, 0) is 75.7 Å². The summed E-state index contributed by atoms with van der Waals surface area (Å²) in [6, 6.07) is 68.1. The Labute approximate surface area is 415 Å². The molecule has 12 heteroatoms. The molecule has 4 heterocycles. The van der Waals surface area contributed by atoms with Crippen LogP contribution in [0.1, 0.15) is 0 Å². The van der Waals surface area contributed by atoms with E-state index in [1.165, 1.54) is 11.1 Å². The molecule has 12 rings (SSSR count). The average Bonchev–Trinajstić information content (AvgIpc) is 3.94. The summed E-state index contributed by atoms with van der Waals surface area (Å²) < 4.78 is 4.40. The van der Waals surface area contributed by atoms with E-state index in [2.05, 4.69) is 76.7 Å². The molecule has 8 aromatic carbocycles. The van der Waals surface area contributed by atoms with Crippen molar-refractivity contribution in [1.29, 1.82) is 0 Å². The lowest BCUT2D eigenvalue weighted by atomic mass is 9.80. The molecule has 0 aliphatic rings. The monoisotopic (exact) mass is 976 g/mol. The number of aromatic nitrogens is 4. The topological polar surface area (TPSA) is 92.0 Å². The zero-order valence-electron chi connectivity index (χ0n) is 35.8. The van der Waals surface area contributed by atoms with Gasteiger partial charge < -0.3 is 10.0 Å². The second-order valence-electron chi connectivity index (χ2n) is 15.6. The number of thiophene rings is 2. The van der Waals surface area contributed by atoms with E-state index < -0.39 is 7.12 Å². The van der Waals surface area contributed by atoms with Crippen molar-refractivity contribution in [2.45, 2.75) is 0 Å². The van der Waals surface area contributed by atoms with Gasteiger partial charge in [-0.1, -0.05) is 193 Å². The van der Waals surface area contributed by atoms with Gasteiger partial charge in [-0.25, -0.2) is 19.9 Å². The van der Waals surface area contributed by atoms with Crippen LogP contribution >= 0.6 is 57.5 Å².